The van der Waals surface area contributed by atoms with Crippen molar-refractivity contribution < 1.29 is 14.7 Å². The van der Waals surface area contributed by atoms with Crippen LogP contribution in [0.1, 0.15) is 24.2 Å². The van der Waals surface area contributed by atoms with E-state index in [2.05, 4.69) is 15.6 Å². The number of halogens is 2. The first kappa shape index (κ1) is 24.0. The van der Waals surface area contributed by atoms with Crippen molar-refractivity contribution in [3.05, 3.63) is 76.3 Å². The Labute approximate surface area is 210 Å². The molecule has 1 atom stereocenters. The summed E-state index contributed by atoms with van der Waals surface area (Å²) >= 11 is 13.9. The number of fused-ring (bicyclic) bond motifs is 1. The van der Waals surface area contributed by atoms with Crippen molar-refractivity contribution in [3.8, 4) is 11.1 Å². The average molecular weight is 514 g/mol. The number of nitrogens with zero attached hydrogens (tertiary/aromatic N) is 1. The van der Waals surface area contributed by atoms with Crippen molar-refractivity contribution in [2.75, 3.05) is 5.32 Å². The van der Waals surface area contributed by atoms with Crippen LogP contribution in [0.25, 0.3) is 21.3 Å². The number of nitrogens with one attached hydrogen (secondary N) is 2. The van der Waals surface area contributed by atoms with E-state index in [1.807, 2.05) is 42.5 Å². The Morgan fingerprint density at radius 3 is 2.32 bits per heavy atom. The third-order valence-electron chi connectivity index (χ3n) is 5.25. The van der Waals surface area contributed by atoms with Gasteiger partial charge in [0.25, 0.3) is 5.91 Å². The third-order valence-corrected chi connectivity index (χ3v) is 6.73. The highest BCUT2D eigenvalue weighted by molar-refractivity contribution is 7.22. The number of aromatic nitrogens is 1. The summed E-state index contributed by atoms with van der Waals surface area (Å²) in [4.78, 5) is 28.5. The van der Waals surface area contributed by atoms with Crippen LogP contribution in [0, 0.1) is 5.92 Å². The number of benzene rings is 3. The fourth-order valence-corrected chi connectivity index (χ4v) is 4.86. The van der Waals surface area contributed by atoms with Crippen molar-refractivity contribution >= 4 is 67.5 Å². The summed E-state index contributed by atoms with van der Waals surface area (Å²) < 4.78 is 1.01. The molecule has 4 rings (SSSR count). The topological polar surface area (TPSA) is 91.3 Å². The number of anilines is 2. The Hall–Kier alpha value is -3.13. The fourth-order valence-electron chi connectivity index (χ4n) is 3.43. The number of aliphatic carboxylic acids is 1. The molecule has 0 saturated heterocycles. The molecule has 4 aromatic rings. The SMILES string of the molecule is CC(C)[C@H](NC(=O)c1ccc(-c2ccc(Nc3nc4ccc(Cl)cc4s3)cc2)cc1Cl)C(=O)O. The Bertz CT molecular complexity index is 1370. The number of hydrogen-bond acceptors (Lipinski definition) is 5. The second-order valence-electron chi connectivity index (χ2n) is 8.06. The number of hydrogen-bond donors (Lipinski definition) is 3. The van der Waals surface area contributed by atoms with Gasteiger partial charge in [-0.1, -0.05) is 66.6 Å². The molecule has 34 heavy (non-hydrogen) atoms. The zero-order valence-electron chi connectivity index (χ0n) is 18.3. The van der Waals surface area contributed by atoms with Crippen LogP contribution in [0.5, 0.6) is 0 Å². The molecule has 0 unspecified atom stereocenters. The summed E-state index contributed by atoms with van der Waals surface area (Å²) in [6.07, 6.45) is 0. The van der Waals surface area contributed by atoms with Gasteiger partial charge in [0.2, 0.25) is 0 Å². The summed E-state index contributed by atoms with van der Waals surface area (Å²) in [5.41, 5.74) is 3.74. The largest absolute Gasteiger partial charge is 0.480 e. The van der Waals surface area contributed by atoms with Gasteiger partial charge < -0.3 is 15.7 Å². The van der Waals surface area contributed by atoms with Gasteiger partial charge in [-0.15, -0.1) is 0 Å². The summed E-state index contributed by atoms with van der Waals surface area (Å²) in [6.45, 7) is 3.46. The Morgan fingerprint density at radius 2 is 1.68 bits per heavy atom. The molecule has 9 heteroatoms. The van der Waals surface area contributed by atoms with Crippen molar-refractivity contribution in [3.63, 3.8) is 0 Å². The van der Waals surface area contributed by atoms with Crippen molar-refractivity contribution in [2.24, 2.45) is 5.92 Å². The van der Waals surface area contributed by atoms with Crippen LogP contribution in [-0.4, -0.2) is 28.0 Å². The van der Waals surface area contributed by atoms with Gasteiger partial charge in [0.05, 0.1) is 20.8 Å². The van der Waals surface area contributed by atoms with E-state index in [0.717, 1.165) is 32.2 Å². The molecule has 0 fully saturated rings. The van der Waals surface area contributed by atoms with Gasteiger partial charge >= 0.3 is 5.97 Å². The van der Waals surface area contributed by atoms with Gasteiger partial charge in [-0.2, -0.15) is 0 Å². The standard InChI is InChI=1S/C25H21Cl2N3O3S/c1-13(2)22(24(32)33)30-23(31)18-9-5-15(11-19(18)27)14-3-7-17(8-4-14)28-25-29-20-10-6-16(26)12-21(20)34-25/h3-13,22H,1-2H3,(H,28,29)(H,30,31)(H,32,33)/t22-/m0/s1. The van der Waals surface area contributed by atoms with E-state index in [1.165, 1.54) is 11.3 Å². The lowest BCUT2D eigenvalue weighted by molar-refractivity contribution is -0.140. The lowest BCUT2D eigenvalue weighted by atomic mass is 10.0. The molecule has 0 aliphatic heterocycles. The van der Waals surface area contributed by atoms with E-state index in [9.17, 15) is 14.7 Å². The molecule has 0 saturated carbocycles. The average Bonchev–Trinajstić information content (AvgIpc) is 3.18. The molecule has 0 spiro atoms. The predicted molar refractivity (Wildman–Crippen MR) is 139 cm³/mol. The smallest absolute Gasteiger partial charge is 0.326 e. The van der Waals surface area contributed by atoms with Gasteiger partial charge in [-0.05, 0) is 59.5 Å². The number of carbonyl (C=O) groups is 2. The van der Waals surface area contributed by atoms with Gasteiger partial charge in [-0.25, -0.2) is 9.78 Å². The monoisotopic (exact) mass is 513 g/mol. The maximum atomic E-state index is 12.6. The predicted octanol–water partition coefficient (Wildman–Crippen LogP) is 6.85. The van der Waals surface area contributed by atoms with E-state index in [0.29, 0.717) is 5.02 Å². The third kappa shape index (κ3) is 5.33. The molecule has 3 aromatic carbocycles. The molecule has 0 radical (unpaired) electrons. The molecular weight excluding hydrogens is 493 g/mol. The molecule has 1 heterocycles. The van der Waals surface area contributed by atoms with Crippen molar-refractivity contribution in [1.82, 2.24) is 10.3 Å². The van der Waals surface area contributed by atoms with Crippen molar-refractivity contribution in [1.29, 1.82) is 0 Å². The molecule has 6 nitrogen and oxygen atoms in total. The van der Waals surface area contributed by atoms with E-state index >= 15 is 0 Å². The normalized spacial score (nSPS) is 12.0. The maximum Gasteiger partial charge on any atom is 0.326 e. The minimum Gasteiger partial charge on any atom is -0.480 e. The first-order valence-electron chi connectivity index (χ1n) is 10.5. The molecule has 0 aliphatic rings. The second-order valence-corrected chi connectivity index (χ2v) is 9.94. The first-order chi connectivity index (χ1) is 16.2. The molecule has 174 valence electrons. The second kappa shape index (κ2) is 10.0. The van der Waals surface area contributed by atoms with Gasteiger partial charge in [0.15, 0.2) is 5.13 Å². The number of rotatable bonds is 7. The lowest BCUT2D eigenvalue weighted by Crippen LogP contribution is -2.44. The summed E-state index contributed by atoms with van der Waals surface area (Å²) in [5, 5.41) is 16.8. The van der Waals surface area contributed by atoms with Gasteiger partial charge in [0.1, 0.15) is 6.04 Å². The Morgan fingerprint density at radius 1 is 0.971 bits per heavy atom. The molecule has 1 aromatic heterocycles. The summed E-state index contributed by atoms with van der Waals surface area (Å²) in [6, 6.07) is 17.4. The zero-order chi connectivity index (χ0) is 24.4. The van der Waals surface area contributed by atoms with E-state index < -0.39 is 17.9 Å². The first-order valence-corrected chi connectivity index (χ1v) is 12.1. The van der Waals surface area contributed by atoms with Crippen LogP contribution in [-0.2, 0) is 4.79 Å². The van der Waals surface area contributed by atoms with E-state index in [4.69, 9.17) is 23.2 Å². The highest BCUT2D eigenvalue weighted by atomic mass is 35.5. The lowest BCUT2D eigenvalue weighted by Gasteiger charge is -2.18. The van der Waals surface area contributed by atoms with Crippen LogP contribution in [0.15, 0.2) is 60.7 Å². The number of carboxylic acid groups (broad SMARTS) is 1. The van der Waals surface area contributed by atoms with Gasteiger partial charge in [-0.3, -0.25) is 4.79 Å². The molecule has 1 amide bonds. The zero-order valence-corrected chi connectivity index (χ0v) is 20.6. The quantitative estimate of drug-likeness (QED) is 0.251. The van der Waals surface area contributed by atoms with Crippen LogP contribution < -0.4 is 10.6 Å². The van der Waals surface area contributed by atoms with E-state index in [-0.39, 0.29) is 16.5 Å². The van der Waals surface area contributed by atoms with Crippen molar-refractivity contribution in [2.45, 2.75) is 19.9 Å². The highest BCUT2D eigenvalue weighted by Gasteiger charge is 2.25. The highest BCUT2D eigenvalue weighted by Crippen LogP contribution is 2.31. The number of carbonyl (C=O) groups excluding carboxylic acids is 1. The fraction of sp³-hybridized carbons (Fsp3) is 0.160. The Balaban J connectivity index is 1.48. The summed E-state index contributed by atoms with van der Waals surface area (Å²) in [7, 11) is 0. The molecule has 0 bridgehead atoms. The summed E-state index contributed by atoms with van der Waals surface area (Å²) in [5.74, 6) is -1.86. The molecule has 3 N–H and O–H groups in total. The maximum absolute atomic E-state index is 12.6. The number of carboxylic acids is 1. The minimum absolute atomic E-state index is 0.228. The van der Waals surface area contributed by atoms with Gasteiger partial charge in [0, 0.05) is 10.7 Å². The van der Waals surface area contributed by atoms with Crippen LogP contribution in [0.4, 0.5) is 10.8 Å². The van der Waals surface area contributed by atoms with Crippen LogP contribution in [0.3, 0.4) is 0 Å². The molecular formula is C25H21Cl2N3O3S. The Kier molecular flexibility index (Phi) is 7.07. The number of amides is 1. The molecule has 0 aliphatic carbocycles. The van der Waals surface area contributed by atoms with E-state index in [1.54, 1.807) is 32.0 Å². The minimum atomic E-state index is -1.08. The van der Waals surface area contributed by atoms with Crippen LogP contribution >= 0.6 is 34.5 Å². The number of thiazole rings is 1. The van der Waals surface area contributed by atoms with Crippen LogP contribution in [0.2, 0.25) is 10.0 Å².